The molecule has 2 saturated heterocycles. The van der Waals surface area contributed by atoms with Gasteiger partial charge in [0.2, 0.25) is 11.8 Å². The highest BCUT2D eigenvalue weighted by Crippen LogP contribution is 2.31. The molecule has 0 aromatic heterocycles. The molecule has 1 unspecified atom stereocenters. The molecule has 226 valence electrons. The first kappa shape index (κ1) is 30.4. The van der Waals surface area contributed by atoms with Gasteiger partial charge in [-0.1, -0.05) is 6.07 Å². The van der Waals surface area contributed by atoms with E-state index in [0.717, 1.165) is 24.8 Å². The molecule has 1 aromatic rings. The number of amides is 2. The molecule has 3 N–H and O–H groups in total. The molecule has 41 heavy (non-hydrogen) atoms. The summed E-state index contributed by atoms with van der Waals surface area (Å²) in [5.41, 5.74) is 6.98. The van der Waals surface area contributed by atoms with Crippen LogP contribution >= 0.6 is 0 Å². The third kappa shape index (κ3) is 7.60. The van der Waals surface area contributed by atoms with E-state index >= 15 is 0 Å². The highest BCUT2D eigenvalue weighted by molar-refractivity contribution is 5.88. The number of nitrogens with zero attached hydrogens (tertiary/aromatic N) is 4. The summed E-state index contributed by atoms with van der Waals surface area (Å²) in [6, 6.07) is 5.41. The van der Waals surface area contributed by atoms with Crippen molar-refractivity contribution in [2.24, 2.45) is 5.73 Å². The monoisotopic (exact) mass is 572 g/mol. The standard InChI is InChI=1S/C29H44N6O6/c1-4-39-28(38)41-29(20-40-23-9-8-21-10-14-34(27(30)31)18-22(21)17-23)11-15-33(16-12-29)26(37)24-7-5-6-13-35(24)25(36)19-32(2)3/h8-9,17,24H,4-7,10-16,18-20H2,1-3H3,(H3,30,31). The van der Waals surface area contributed by atoms with E-state index in [-0.39, 0.29) is 37.5 Å². The number of nitrogens with two attached hydrogens (primary N) is 1. The van der Waals surface area contributed by atoms with E-state index in [1.165, 1.54) is 5.56 Å². The van der Waals surface area contributed by atoms with E-state index < -0.39 is 17.8 Å². The summed E-state index contributed by atoms with van der Waals surface area (Å²) < 4.78 is 17.1. The molecule has 1 aromatic carbocycles. The van der Waals surface area contributed by atoms with Gasteiger partial charge in [-0.15, -0.1) is 0 Å². The number of rotatable bonds is 8. The molecule has 0 radical (unpaired) electrons. The molecule has 1 atom stereocenters. The van der Waals surface area contributed by atoms with Crippen molar-refractivity contribution in [3.8, 4) is 5.75 Å². The van der Waals surface area contributed by atoms with Crippen LogP contribution in [0.15, 0.2) is 18.2 Å². The van der Waals surface area contributed by atoms with Crippen molar-refractivity contribution < 1.29 is 28.6 Å². The van der Waals surface area contributed by atoms with Crippen LogP contribution in [-0.2, 0) is 32.0 Å². The van der Waals surface area contributed by atoms with E-state index in [2.05, 4.69) is 0 Å². The number of likely N-dealkylation sites (tertiary alicyclic amines) is 2. The van der Waals surface area contributed by atoms with Gasteiger partial charge >= 0.3 is 6.16 Å². The zero-order chi connectivity index (χ0) is 29.6. The third-order valence-electron chi connectivity index (χ3n) is 8.14. The van der Waals surface area contributed by atoms with Gasteiger partial charge in [-0.25, -0.2) is 4.79 Å². The van der Waals surface area contributed by atoms with Gasteiger partial charge in [0.1, 0.15) is 18.4 Å². The van der Waals surface area contributed by atoms with Gasteiger partial charge in [-0.05, 0) is 70.0 Å². The van der Waals surface area contributed by atoms with Gasteiger partial charge in [0.05, 0.1) is 13.2 Å². The van der Waals surface area contributed by atoms with Crippen molar-refractivity contribution in [3.63, 3.8) is 0 Å². The summed E-state index contributed by atoms with van der Waals surface area (Å²) in [6.45, 7) is 4.89. The Morgan fingerprint density at radius 3 is 2.51 bits per heavy atom. The first-order chi connectivity index (χ1) is 19.6. The zero-order valence-corrected chi connectivity index (χ0v) is 24.5. The molecule has 12 heteroatoms. The lowest BCUT2D eigenvalue weighted by atomic mass is 9.90. The Balaban J connectivity index is 1.43. The second-order valence-electron chi connectivity index (χ2n) is 11.4. The number of fused-ring (bicyclic) bond motifs is 1. The maximum absolute atomic E-state index is 13.6. The van der Waals surface area contributed by atoms with Crippen molar-refractivity contribution in [2.45, 2.75) is 63.6 Å². The fourth-order valence-corrected chi connectivity index (χ4v) is 5.84. The molecule has 0 aliphatic carbocycles. The van der Waals surface area contributed by atoms with E-state index in [0.29, 0.717) is 57.7 Å². The third-order valence-corrected chi connectivity index (χ3v) is 8.14. The first-order valence-corrected chi connectivity index (χ1v) is 14.5. The Hall–Kier alpha value is -3.54. The molecule has 0 bridgehead atoms. The average molecular weight is 573 g/mol. The Labute approximate surface area is 242 Å². The Kier molecular flexibility index (Phi) is 9.95. The number of likely N-dealkylation sites (N-methyl/N-ethyl adjacent to an activating group) is 1. The number of carbonyl (C=O) groups excluding carboxylic acids is 3. The van der Waals surface area contributed by atoms with Gasteiger partial charge < -0.3 is 39.5 Å². The highest BCUT2D eigenvalue weighted by atomic mass is 16.7. The predicted molar refractivity (Wildman–Crippen MR) is 153 cm³/mol. The summed E-state index contributed by atoms with van der Waals surface area (Å²) in [5, 5.41) is 7.76. The second-order valence-corrected chi connectivity index (χ2v) is 11.4. The summed E-state index contributed by atoms with van der Waals surface area (Å²) in [5.74, 6) is 0.599. The lowest BCUT2D eigenvalue weighted by molar-refractivity contribution is -0.152. The molecular formula is C29H44N6O6. The minimum Gasteiger partial charge on any atom is -0.489 e. The van der Waals surface area contributed by atoms with Crippen molar-refractivity contribution in [1.82, 2.24) is 19.6 Å². The Bertz CT molecular complexity index is 1120. The van der Waals surface area contributed by atoms with Gasteiger partial charge in [0.15, 0.2) is 11.6 Å². The number of benzene rings is 1. The van der Waals surface area contributed by atoms with Crippen molar-refractivity contribution in [1.29, 1.82) is 5.41 Å². The van der Waals surface area contributed by atoms with Crippen LogP contribution < -0.4 is 10.5 Å². The minimum absolute atomic E-state index is 0.0325. The van der Waals surface area contributed by atoms with Crippen LogP contribution in [0, 0.1) is 5.41 Å². The fourth-order valence-electron chi connectivity index (χ4n) is 5.84. The maximum atomic E-state index is 13.6. The van der Waals surface area contributed by atoms with Crippen LogP contribution in [0.25, 0.3) is 0 Å². The molecule has 4 rings (SSSR count). The number of guanidine groups is 1. The van der Waals surface area contributed by atoms with Gasteiger partial charge in [-0.2, -0.15) is 0 Å². The average Bonchev–Trinajstić information content (AvgIpc) is 2.95. The number of nitrogens with one attached hydrogen (secondary N) is 1. The lowest BCUT2D eigenvalue weighted by Gasteiger charge is -2.43. The van der Waals surface area contributed by atoms with E-state index in [4.69, 9.17) is 25.4 Å². The molecule has 3 aliphatic heterocycles. The van der Waals surface area contributed by atoms with Crippen LogP contribution in [0.3, 0.4) is 0 Å². The normalized spacial score (nSPS) is 20.3. The number of hydrogen-bond acceptors (Lipinski definition) is 8. The van der Waals surface area contributed by atoms with Gasteiger partial charge in [0, 0.05) is 45.6 Å². The van der Waals surface area contributed by atoms with Gasteiger partial charge in [0.25, 0.3) is 0 Å². The molecule has 2 fully saturated rings. The molecule has 0 saturated carbocycles. The van der Waals surface area contributed by atoms with Crippen LogP contribution in [0.1, 0.15) is 50.2 Å². The quantitative estimate of drug-likeness (QED) is 0.271. The summed E-state index contributed by atoms with van der Waals surface area (Å²) in [4.78, 5) is 46.0. The summed E-state index contributed by atoms with van der Waals surface area (Å²) in [7, 11) is 3.69. The van der Waals surface area contributed by atoms with Crippen LogP contribution in [0.4, 0.5) is 4.79 Å². The molecular weight excluding hydrogens is 528 g/mol. The summed E-state index contributed by atoms with van der Waals surface area (Å²) in [6.07, 6.45) is 3.27. The highest BCUT2D eigenvalue weighted by Gasteiger charge is 2.43. The Morgan fingerprint density at radius 2 is 1.83 bits per heavy atom. The number of piperidine rings is 2. The minimum atomic E-state index is -0.961. The van der Waals surface area contributed by atoms with Crippen LogP contribution in [-0.4, -0.2) is 115 Å². The predicted octanol–water partition coefficient (Wildman–Crippen LogP) is 1.79. The maximum Gasteiger partial charge on any atom is 0.508 e. The topological polar surface area (TPSA) is 142 Å². The van der Waals surface area contributed by atoms with Crippen molar-refractivity contribution >= 4 is 23.9 Å². The van der Waals surface area contributed by atoms with Crippen molar-refractivity contribution in [3.05, 3.63) is 29.3 Å². The first-order valence-electron chi connectivity index (χ1n) is 14.5. The number of ether oxygens (including phenoxy) is 3. The molecule has 3 aliphatic rings. The molecule has 3 heterocycles. The smallest absolute Gasteiger partial charge is 0.489 e. The largest absolute Gasteiger partial charge is 0.508 e. The zero-order valence-electron chi connectivity index (χ0n) is 24.5. The van der Waals surface area contributed by atoms with E-state index in [1.807, 2.05) is 42.1 Å². The van der Waals surface area contributed by atoms with Crippen molar-refractivity contribution in [2.75, 3.05) is 60.0 Å². The van der Waals surface area contributed by atoms with Crippen LogP contribution in [0.2, 0.25) is 0 Å². The molecule has 0 spiro atoms. The molecule has 12 nitrogen and oxygen atoms in total. The summed E-state index contributed by atoms with van der Waals surface area (Å²) >= 11 is 0. The SMILES string of the molecule is CCOC(=O)OC1(COc2ccc3c(c2)CN(C(=N)N)CC3)CCN(C(=O)C2CCCCN2C(=O)CN(C)C)CC1. The van der Waals surface area contributed by atoms with E-state index in [1.54, 1.807) is 16.7 Å². The lowest BCUT2D eigenvalue weighted by Crippen LogP contribution is -2.58. The fraction of sp³-hybridized carbons (Fsp3) is 0.655. The number of hydrogen-bond donors (Lipinski definition) is 2. The Morgan fingerprint density at radius 1 is 1.07 bits per heavy atom. The number of carbonyl (C=O) groups is 3. The van der Waals surface area contributed by atoms with Gasteiger partial charge in [-0.3, -0.25) is 15.0 Å². The second kappa shape index (κ2) is 13.4. The van der Waals surface area contributed by atoms with E-state index in [9.17, 15) is 14.4 Å². The molecule has 2 amide bonds. The van der Waals surface area contributed by atoms with Crippen LogP contribution in [0.5, 0.6) is 5.75 Å².